The van der Waals surface area contributed by atoms with Crippen molar-refractivity contribution in [2.24, 2.45) is 5.92 Å². The fraction of sp³-hybridized carbons (Fsp3) is 0.423. The number of carbonyl (C=O) groups excluding carboxylic acids is 1. The second-order valence-electron chi connectivity index (χ2n) is 9.22. The van der Waals surface area contributed by atoms with Crippen molar-refractivity contribution in [1.29, 1.82) is 0 Å². The monoisotopic (exact) mass is 496 g/mol. The van der Waals surface area contributed by atoms with Crippen molar-refractivity contribution in [3.63, 3.8) is 0 Å². The van der Waals surface area contributed by atoms with Crippen LogP contribution in [0.4, 0.5) is 4.39 Å². The number of aromatic nitrogens is 3. The van der Waals surface area contributed by atoms with E-state index in [0.29, 0.717) is 35.5 Å². The van der Waals surface area contributed by atoms with Gasteiger partial charge in [-0.2, -0.15) is 0 Å². The largest absolute Gasteiger partial charge is 0.490 e. The lowest BCUT2D eigenvalue weighted by atomic mass is 9.95. The smallest absolute Gasteiger partial charge is 0.230 e. The maximum Gasteiger partial charge on any atom is 0.230 e. The third-order valence-corrected chi connectivity index (χ3v) is 7.08. The molecule has 0 bridgehead atoms. The highest BCUT2D eigenvalue weighted by molar-refractivity contribution is 7.99. The molecule has 2 aromatic carbocycles. The molecule has 184 valence electrons. The highest BCUT2D eigenvalue weighted by atomic mass is 32.2. The molecule has 7 nitrogen and oxygen atoms in total. The van der Waals surface area contributed by atoms with Gasteiger partial charge in [0.05, 0.1) is 30.6 Å². The zero-order valence-electron chi connectivity index (χ0n) is 19.9. The summed E-state index contributed by atoms with van der Waals surface area (Å²) in [5, 5.41) is 12.4. The number of carbonyl (C=O) groups is 1. The van der Waals surface area contributed by atoms with E-state index >= 15 is 0 Å². The van der Waals surface area contributed by atoms with Gasteiger partial charge in [0.1, 0.15) is 5.82 Å². The van der Waals surface area contributed by atoms with Gasteiger partial charge in [0.25, 0.3) is 0 Å². The van der Waals surface area contributed by atoms with Crippen molar-refractivity contribution in [2.75, 3.05) is 19.0 Å². The van der Waals surface area contributed by atoms with Crippen LogP contribution in [0.1, 0.15) is 50.8 Å². The van der Waals surface area contributed by atoms with Crippen LogP contribution in [0.2, 0.25) is 0 Å². The SMILES string of the molecule is CC(C)[C@H](NC(=O)CSc1nnc(-c2ccccc2F)n1C1CC1)c1ccc2c(c1)OCCCO2. The van der Waals surface area contributed by atoms with E-state index in [0.717, 1.165) is 30.6 Å². The molecular weight excluding hydrogens is 467 g/mol. The highest BCUT2D eigenvalue weighted by Gasteiger charge is 2.31. The van der Waals surface area contributed by atoms with Gasteiger partial charge in [-0.25, -0.2) is 4.39 Å². The van der Waals surface area contributed by atoms with E-state index in [4.69, 9.17) is 9.47 Å². The molecule has 0 saturated heterocycles. The quantitative estimate of drug-likeness (QED) is 0.433. The molecule has 1 N–H and O–H groups in total. The number of benzene rings is 2. The minimum absolute atomic E-state index is 0.0985. The number of nitrogens with zero attached hydrogens (tertiary/aromatic N) is 3. The molecule has 2 aliphatic rings. The van der Waals surface area contributed by atoms with Gasteiger partial charge in [-0.3, -0.25) is 9.36 Å². The molecule has 5 rings (SSSR count). The molecule has 1 saturated carbocycles. The standard InChI is InChI=1S/C26H29FN4O3S/c1-16(2)24(17-8-11-21-22(14-17)34-13-5-12-33-21)28-23(32)15-35-26-30-29-25(31(26)18-9-10-18)19-6-3-4-7-20(19)27/h3-4,6-8,11,14,16,18,24H,5,9-10,12-13,15H2,1-2H3,(H,28,32)/t24-/m0/s1. The Morgan fingerprint density at radius 1 is 1.14 bits per heavy atom. The number of nitrogens with one attached hydrogen (secondary N) is 1. The predicted molar refractivity (Wildman–Crippen MR) is 132 cm³/mol. The maximum atomic E-state index is 14.4. The van der Waals surface area contributed by atoms with Gasteiger partial charge in [0.2, 0.25) is 5.91 Å². The first-order chi connectivity index (χ1) is 17.0. The molecule has 9 heteroatoms. The highest BCUT2D eigenvalue weighted by Crippen LogP contribution is 2.41. The van der Waals surface area contributed by atoms with E-state index in [9.17, 15) is 9.18 Å². The lowest BCUT2D eigenvalue weighted by molar-refractivity contribution is -0.119. The first-order valence-electron chi connectivity index (χ1n) is 12.0. The third kappa shape index (κ3) is 5.29. The molecule has 0 radical (unpaired) electrons. The topological polar surface area (TPSA) is 78.3 Å². The Kier molecular flexibility index (Phi) is 6.95. The first kappa shape index (κ1) is 23.7. The second-order valence-corrected chi connectivity index (χ2v) is 10.2. The first-order valence-corrected chi connectivity index (χ1v) is 13.0. The number of amides is 1. The van der Waals surface area contributed by atoms with E-state index in [1.54, 1.807) is 18.2 Å². The van der Waals surface area contributed by atoms with E-state index in [-0.39, 0.29) is 35.5 Å². The van der Waals surface area contributed by atoms with Crippen molar-refractivity contribution >= 4 is 17.7 Å². The number of ether oxygens (including phenoxy) is 2. The molecule has 3 aromatic rings. The van der Waals surface area contributed by atoms with Gasteiger partial charge in [-0.1, -0.05) is 43.8 Å². The number of rotatable bonds is 8. The van der Waals surface area contributed by atoms with Crippen LogP contribution in [0.3, 0.4) is 0 Å². The summed E-state index contributed by atoms with van der Waals surface area (Å²) in [7, 11) is 0. The Hall–Kier alpha value is -3.07. The summed E-state index contributed by atoms with van der Waals surface area (Å²) in [5.41, 5.74) is 1.41. The Labute approximate surface area is 208 Å². The molecule has 1 fully saturated rings. The van der Waals surface area contributed by atoms with Crippen LogP contribution in [0.5, 0.6) is 11.5 Å². The molecule has 1 aliphatic carbocycles. The number of hydrogen-bond donors (Lipinski definition) is 1. The summed E-state index contributed by atoms with van der Waals surface area (Å²) < 4.78 is 27.9. The molecular formula is C26H29FN4O3S. The fourth-order valence-corrected chi connectivity index (χ4v) is 5.03. The molecule has 0 spiro atoms. The molecule has 1 atom stereocenters. The normalized spacial score (nSPS) is 16.1. The number of fused-ring (bicyclic) bond motifs is 1. The summed E-state index contributed by atoms with van der Waals surface area (Å²) in [6, 6.07) is 12.5. The van der Waals surface area contributed by atoms with Crippen LogP contribution in [0.25, 0.3) is 11.4 Å². The van der Waals surface area contributed by atoms with Crippen molar-refractivity contribution in [3.8, 4) is 22.9 Å². The second kappa shape index (κ2) is 10.3. The zero-order chi connectivity index (χ0) is 24.4. The van der Waals surface area contributed by atoms with Gasteiger partial charge in [-0.15, -0.1) is 10.2 Å². The zero-order valence-corrected chi connectivity index (χ0v) is 20.7. The Bertz CT molecular complexity index is 1210. The van der Waals surface area contributed by atoms with Gasteiger partial charge >= 0.3 is 0 Å². The number of thioether (sulfide) groups is 1. The molecule has 1 aliphatic heterocycles. The lowest BCUT2D eigenvalue weighted by Gasteiger charge is -2.24. The van der Waals surface area contributed by atoms with Crippen molar-refractivity contribution in [1.82, 2.24) is 20.1 Å². The molecule has 1 aromatic heterocycles. The van der Waals surface area contributed by atoms with Crippen molar-refractivity contribution < 1.29 is 18.7 Å². The predicted octanol–water partition coefficient (Wildman–Crippen LogP) is 5.19. The van der Waals surface area contributed by atoms with Crippen molar-refractivity contribution in [3.05, 3.63) is 53.8 Å². The Morgan fingerprint density at radius 2 is 1.91 bits per heavy atom. The van der Waals surface area contributed by atoms with Crippen LogP contribution in [-0.2, 0) is 4.79 Å². The van der Waals surface area contributed by atoms with Crippen LogP contribution < -0.4 is 14.8 Å². The van der Waals surface area contributed by atoms with E-state index < -0.39 is 0 Å². The molecule has 1 amide bonds. The molecule has 2 heterocycles. The van der Waals surface area contributed by atoms with Gasteiger partial charge < -0.3 is 14.8 Å². The van der Waals surface area contributed by atoms with Gasteiger partial charge in [0, 0.05) is 12.5 Å². The van der Waals surface area contributed by atoms with Crippen LogP contribution in [0, 0.1) is 11.7 Å². The summed E-state index contributed by atoms with van der Waals surface area (Å²) >= 11 is 1.33. The van der Waals surface area contributed by atoms with E-state index in [1.807, 2.05) is 22.8 Å². The Balaban J connectivity index is 1.29. The maximum absolute atomic E-state index is 14.4. The minimum atomic E-state index is -0.328. The summed E-state index contributed by atoms with van der Waals surface area (Å²) in [5.74, 6) is 1.91. The van der Waals surface area contributed by atoms with Crippen LogP contribution >= 0.6 is 11.8 Å². The van der Waals surface area contributed by atoms with Crippen molar-refractivity contribution in [2.45, 2.75) is 50.4 Å². The average molecular weight is 497 g/mol. The fourth-order valence-electron chi connectivity index (χ4n) is 4.22. The number of hydrogen-bond acceptors (Lipinski definition) is 6. The minimum Gasteiger partial charge on any atom is -0.490 e. The van der Waals surface area contributed by atoms with Crippen LogP contribution in [-0.4, -0.2) is 39.6 Å². The Morgan fingerprint density at radius 3 is 2.66 bits per heavy atom. The molecule has 35 heavy (non-hydrogen) atoms. The summed E-state index contributed by atoms with van der Waals surface area (Å²) in [6.45, 7) is 5.40. The van der Waals surface area contributed by atoms with Gasteiger partial charge in [-0.05, 0) is 48.6 Å². The lowest BCUT2D eigenvalue weighted by Crippen LogP contribution is -2.33. The average Bonchev–Trinajstić information content (AvgIpc) is 3.64. The molecule has 0 unspecified atom stereocenters. The van der Waals surface area contributed by atoms with Crippen LogP contribution in [0.15, 0.2) is 47.6 Å². The summed E-state index contributed by atoms with van der Waals surface area (Å²) in [4.78, 5) is 13.0. The van der Waals surface area contributed by atoms with Gasteiger partial charge in [0.15, 0.2) is 22.5 Å². The van der Waals surface area contributed by atoms with E-state index in [2.05, 4.69) is 29.4 Å². The third-order valence-electron chi connectivity index (χ3n) is 6.14. The number of halogens is 1. The summed E-state index contributed by atoms with van der Waals surface area (Å²) in [6.07, 6.45) is 2.84. The van der Waals surface area contributed by atoms with E-state index in [1.165, 1.54) is 17.8 Å².